The van der Waals surface area contributed by atoms with Gasteiger partial charge in [-0.3, -0.25) is 9.79 Å². The molecule has 158 valence electrons. The van der Waals surface area contributed by atoms with Crippen molar-refractivity contribution in [2.24, 2.45) is 22.6 Å². The lowest BCUT2D eigenvalue weighted by atomic mass is 9.96. The van der Waals surface area contributed by atoms with Gasteiger partial charge in [0.05, 0.1) is 5.92 Å². The molecule has 1 aromatic rings. The number of benzene rings is 1. The summed E-state index contributed by atoms with van der Waals surface area (Å²) in [7, 11) is 3.72. The maximum Gasteiger partial charge on any atom is 0.222 e. The fourth-order valence-electron chi connectivity index (χ4n) is 3.29. The Kier molecular flexibility index (Phi) is 11.4. The highest BCUT2D eigenvalue weighted by Crippen LogP contribution is 2.18. The SMILES string of the molecule is CN=C(NCC(Cc1ccc(F)cc1)C(N)=O)N(C)CCC1CCOCC1.I. The second-order valence-electron chi connectivity index (χ2n) is 7.12. The summed E-state index contributed by atoms with van der Waals surface area (Å²) in [5.41, 5.74) is 6.44. The van der Waals surface area contributed by atoms with E-state index in [-0.39, 0.29) is 35.7 Å². The molecule has 2 rings (SSSR count). The number of hydrogen-bond acceptors (Lipinski definition) is 3. The third-order valence-electron chi connectivity index (χ3n) is 5.09. The molecule has 0 saturated carbocycles. The summed E-state index contributed by atoms with van der Waals surface area (Å²) in [6.45, 7) is 2.99. The van der Waals surface area contributed by atoms with Crippen molar-refractivity contribution in [3.8, 4) is 0 Å². The minimum absolute atomic E-state index is 0. The molecule has 1 aliphatic rings. The van der Waals surface area contributed by atoms with Crippen LogP contribution >= 0.6 is 24.0 Å². The first-order valence-corrected chi connectivity index (χ1v) is 9.53. The monoisotopic (exact) mass is 506 g/mol. The van der Waals surface area contributed by atoms with Gasteiger partial charge in [-0.25, -0.2) is 4.39 Å². The van der Waals surface area contributed by atoms with Crippen LogP contribution in [0.1, 0.15) is 24.8 Å². The number of primary amides is 1. The van der Waals surface area contributed by atoms with Gasteiger partial charge in [0.15, 0.2) is 5.96 Å². The summed E-state index contributed by atoms with van der Waals surface area (Å²) < 4.78 is 18.4. The van der Waals surface area contributed by atoms with E-state index >= 15 is 0 Å². The standard InChI is InChI=1S/C20H31FN4O2.HI/c1-23-20(25(2)10-7-15-8-11-27-12-9-15)24-14-17(19(22)26)13-16-3-5-18(21)6-4-16;/h3-6,15,17H,7-14H2,1-2H3,(H2,22,26)(H,23,24);1H. The van der Waals surface area contributed by atoms with Crippen LogP contribution in [0.15, 0.2) is 29.3 Å². The molecular formula is C20H32FIN4O2. The van der Waals surface area contributed by atoms with Crippen LogP contribution in [0.25, 0.3) is 0 Å². The summed E-state index contributed by atoms with van der Waals surface area (Å²) in [6.07, 6.45) is 3.78. The number of nitrogens with two attached hydrogens (primary N) is 1. The van der Waals surface area contributed by atoms with Gasteiger partial charge in [-0.1, -0.05) is 12.1 Å². The first-order chi connectivity index (χ1) is 13.0. The maximum absolute atomic E-state index is 13.0. The van der Waals surface area contributed by atoms with Gasteiger partial charge in [-0.15, -0.1) is 24.0 Å². The van der Waals surface area contributed by atoms with Gasteiger partial charge in [-0.2, -0.15) is 0 Å². The van der Waals surface area contributed by atoms with E-state index in [0.29, 0.717) is 18.9 Å². The van der Waals surface area contributed by atoms with Crippen LogP contribution in [-0.2, 0) is 16.0 Å². The van der Waals surface area contributed by atoms with Crippen molar-refractivity contribution in [2.75, 3.05) is 40.4 Å². The molecule has 1 amide bonds. The normalized spacial score (nSPS) is 16.2. The van der Waals surface area contributed by atoms with Crippen molar-refractivity contribution in [2.45, 2.75) is 25.7 Å². The first-order valence-electron chi connectivity index (χ1n) is 9.53. The van der Waals surface area contributed by atoms with Crippen LogP contribution in [0.5, 0.6) is 0 Å². The Labute approximate surface area is 184 Å². The number of amides is 1. The molecule has 0 spiro atoms. The number of guanidine groups is 1. The van der Waals surface area contributed by atoms with E-state index in [1.165, 1.54) is 12.1 Å². The third kappa shape index (κ3) is 8.30. The molecular weight excluding hydrogens is 474 g/mol. The topological polar surface area (TPSA) is 79.9 Å². The van der Waals surface area contributed by atoms with Crippen molar-refractivity contribution in [1.82, 2.24) is 10.2 Å². The zero-order chi connectivity index (χ0) is 19.6. The zero-order valence-corrected chi connectivity index (χ0v) is 19.0. The molecule has 1 unspecified atom stereocenters. The highest BCUT2D eigenvalue weighted by Gasteiger charge is 2.19. The van der Waals surface area contributed by atoms with Crippen LogP contribution in [0.2, 0.25) is 0 Å². The predicted octanol–water partition coefficient (Wildman–Crippen LogP) is 2.41. The zero-order valence-electron chi connectivity index (χ0n) is 16.7. The molecule has 1 heterocycles. The Hall–Kier alpha value is -1.42. The molecule has 0 bridgehead atoms. The second kappa shape index (κ2) is 12.9. The molecule has 28 heavy (non-hydrogen) atoms. The quantitative estimate of drug-likeness (QED) is 0.323. The maximum atomic E-state index is 13.0. The highest BCUT2D eigenvalue weighted by molar-refractivity contribution is 14.0. The van der Waals surface area contributed by atoms with E-state index in [2.05, 4.69) is 15.2 Å². The number of rotatable bonds is 8. The molecule has 8 heteroatoms. The number of carbonyl (C=O) groups excluding carboxylic acids is 1. The smallest absolute Gasteiger partial charge is 0.222 e. The Balaban J connectivity index is 0.00000392. The van der Waals surface area contributed by atoms with Gasteiger partial charge >= 0.3 is 0 Å². The Morgan fingerprint density at radius 3 is 2.57 bits per heavy atom. The van der Waals surface area contributed by atoms with E-state index in [4.69, 9.17) is 10.5 Å². The van der Waals surface area contributed by atoms with Crippen molar-refractivity contribution >= 4 is 35.8 Å². The van der Waals surface area contributed by atoms with E-state index in [9.17, 15) is 9.18 Å². The second-order valence-corrected chi connectivity index (χ2v) is 7.12. The van der Waals surface area contributed by atoms with Crippen LogP contribution in [0, 0.1) is 17.7 Å². The molecule has 1 atom stereocenters. The van der Waals surface area contributed by atoms with E-state index < -0.39 is 5.92 Å². The van der Waals surface area contributed by atoms with Crippen molar-refractivity contribution in [3.63, 3.8) is 0 Å². The lowest BCUT2D eigenvalue weighted by Crippen LogP contribution is -2.44. The predicted molar refractivity (Wildman–Crippen MR) is 120 cm³/mol. The van der Waals surface area contributed by atoms with Gasteiger partial charge in [0, 0.05) is 40.4 Å². The van der Waals surface area contributed by atoms with Gasteiger partial charge in [0.1, 0.15) is 5.82 Å². The molecule has 0 radical (unpaired) electrons. The molecule has 1 fully saturated rings. The number of nitrogens with one attached hydrogen (secondary N) is 1. The molecule has 0 aliphatic carbocycles. The lowest BCUT2D eigenvalue weighted by Gasteiger charge is -2.27. The number of carbonyl (C=O) groups is 1. The number of aliphatic imine (C=N–C) groups is 1. The summed E-state index contributed by atoms with van der Waals surface area (Å²) in [4.78, 5) is 18.2. The van der Waals surface area contributed by atoms with Gasteiger partial charge in [0.25, 0.3) is 0 Å². The van der Waals surface area contributed by atoms with E-state index in [1.54, 1.807) is 19.2 Å². The summed E-state index contributed by atoms with van der Waals surface area (Å²) in [5.74, 6) is 0.367. The fraction of sp³-hybridized carbons (Fsp3) is 0.600. The van der Waals surface area contributed by atoms with Crippen LogP contribution < -0.4 is 11.1 Å². The largest absolute Gasteiger partial charge is 0.381 e. The molecule has 1 saturated heterocycles. The number of halogens is 2. The van der Waals surface area contributed by atoms with Crippen LogP contribution in [0.3, 0.4) is 0 Å². The van der Waals surface area contributed by atoms with Crippen molar-refractivity contribution in [1.29, 1.82) is 0 Å². The Morgan fingerprint density at radius 1 is 1.36 bits per heavy atom. The fourth-order valence-corrected chi connectivity index (χ4v) is 3.29. The van der Waals surface area contributed by atoms with E-state index in [1.807, 2.05) is 7.05 Å². The van der Waals surface area contributed by atoms with Crippen molar-refractivity contribution in [3.05, 3.63) is 35.6 Å². The van der Waals surface area contributed by atoms with Crippen molar-refractivity contribution < 1.29 is 13.9 Å². The molecule has 3 N–H and O–H groups in total. The summed E-state index contributed by atoms with van der Waals surface area (Å²) >= 11 is 0. The Morgan fingerprint density at radius 2 is 2.00 bits per heavy atom. The number of hydrogen-bond donors (Lipinski definition) is 2. The molecule has 1 aliphatic heterocycles. The average molecular weight is 506 g/mol. The van der Waals surface area contributed by atoms with Gasteiger partial charge in [0.2, 0.25) is 5.91 Å². The number of nitrogens with zero attached hydrogens (tertiary/aromatic N) is 2. The van der Waals surface area contributed by atoms with Gasteiger partial charge < -0.3 is 20.7 Å². The number of ether oxygens (including phenoxy) is 1. The third-order valence-corrected chi connectivity index (χ3v) is 5.09. The van der Waals surface area contributed by atoms with E-state index in [0.717, 1.165) is 50.5 Å². The van der Waals surface area contributed by atoms with Crippen LogP contribution in [-0.4, -0.2) is 57.2 Å². The van der Waals surface area contributed by atoms with Gasteiger partial charge in [-0.05, 0) is 49.3 Å². The van der Waals surface area contributed by atoms with Crippen LogP contribution in [0.4, 0.5) is 4.39 Å². The molecule has 6 nitrogen and oxygen atoms in total. The summed E-state index contributed by atoms with van der Waals surface area (Å²) in [5, 5.41) is 3.25. The highest BCUT2D eigenvalue weighted by atomic mass is 127. The first kappa shape index (κ1) is 24.6. The molecule has 1 aromatic carbocycles. The average Bonchev–Trinajstić information content (AvgIpc) is 2.68. The Bertz CT molecular complexity index is 621. The lowest BCUT2D eigenvalue weighted by molar-refractivity contribution is -0.121. The molecule has 0 aromatic heterocycles. The summed E-state index contributed by atoms with van der Waals surface area (Å²) in [6, 6.07) is 6.15. The minimum atomic E-state index is -0.392. The minimum Gasteiger partial charge on any atom is -0.381 e.